The maximum absolute atomic E-state index is 4.72. The molecule has 0 saturated carbocycles. The first kappa shape index (κ1) is 10.2. The van der Waals surface area contributed by atoms with Gasteiger partial charge in [-0.1, -0.05) is 18.2 Å². The SMILES string of the molecule is Cc1cc2c(C)nc3ccccc3c2nc1C. The van der Waals surface area contributed by atoms with Crippen molar-refractivity contribution >= 4 is 21.8 Å². The highest BCUT2D eigenvalue weighted by Crippen LogP contribution is 2.25. The molecule has 0 saturated heterocycles. The summed E-state index contributed by atoms with van der Waals surface area (Å²) < 4.78 is 0. The Morgan fingerprint density at radius 1 is 0.824 bits per heavy atom. The van der Waals surface area contributed by atoms with Gasteiger partial charge in [-0.15, -0.1) is 0 Å². The Morgan fingerprint density at radius 3 is 2.41 bits per heavy atom. The number of rotatable bonds is 0. The Balaban J connectivity index is 2.60. The van der Waals surface area contributed by atoms with Crippen molar-refractivity contribution in [2.75, 3.05) is 0 Å². The fourth-order valence-corrected chi connectivity index (χ4v) is 2.20. The lowest BCUT2D eigenvalue weighted by Crippen LogP contribution is -1.94. The Labute approximate surface area is 100 Å². The van der Waals surface area contributed by atoms with Gasteiger partial charge in [0, 0.05) is 22.2 Å². The minimum Gasteiger partial charge on any atom is -0.252 e. The van der Waals surface area contributed by atoms with Crippen molar-refractivity contribution < 1.29 is 0 Å². The molecule has 2 heterocycles. The third kappa shape index (κ3) is 1.48. The summed E-state index contributed by atoms with van der Waals surface area (Å²) in [7, 11) is 0. The van der Waals surface area contributed by atoms with Crippen LogP contribution in [0.4, 0.5) is 0 Å². The van der Waals surface area contributed by atoms with E-state index >= 15 is 0 Å². The summed E-state index contributed by atoms with van der Waals surface area (Å²) in [5.74, 6) is 0. The van der Waals surface area contributed by atoms with Crippen molar-refractivity contribution in [3.8, 4) is 0 Å². The van der Waals surface area contributed by atoms with E-state index in [9.17, 15) is 0 Å². The molecule has 0 spiro atoms. The van der Waals surface area contributed by atoms with E-state index in [1.807, 2.05) is 25.1 Å². The highest BCUT2D eigenvalue weighted by atomic mass is 14.7. The summed E-state index contributed by atoms with van der Waals surface area (Å²) in [4.78, 5) is 9.36. The summed E-state index contributed by atoms with van der Waals surface area (Å²) in [5, 5.41) is 2.29. The van der Waals surface area contributed by atoms with Crippen molar-refractivity contribution in [3.05, 3.63) is 47.3 Å². The zero-order valence-electron chi connectivity index (χ0n) is 10.3. The average Bonchev–Trinajstić information content (AvgIpc) is 2.32. The third-order valence-electron chi connectivity index (χ3n) is 3.30. The van der Waals surface area contributed by atoms with Crippen LogP contribution in [0, 0.1) is 20.8 Å². The number of aromatic nitrogens is 2. The van der Waals surface area contributed by atoms with E-state index in [2.05, 4.69) is 31.0 Å². The van der Waals surface area contributed by atoms with Crippen molar-refractivity contribution in [2.45, 2.75) is 20.8 Å². The lowest BCUT2D eigenvalue weighted by atomic mass is 10.1. The second-order valence-electron chi connectivity index (χ2n) is 4.50. The predicted octanol–water partition coefficient (Wildman–Crippen LogP) is 3.71. The molecule has 0 radical (unpaired) electrons. The van der Waals surface area contributed by atoms with Crippen LogP contribution in [0.15, 0.2) is 30.3 Å². The van der Waals surface area contributed by atoms with Crippen molar-refractivity contribution in [1.82, 2.24) is 9.97 Å². The largest absolute Gasteiger partial charge is 0.252 e. The molecule has 3 rings (SSSR count). The molecule has 84 valence electrons. The van der Waals surface area contributed by atoms with Crippen LogP contribution in [0.5, 0.6) is 0 Å². The lowest BCUT2D eigenvalue weighted by Gasteiger charge is -2.08. The van der Waals surface area contributed by atoms with Gasteiger partial charge in [-0.25, -0.2) is 0 Å². The van der Waals surface area contributed by atoms with Gasteiger partial charge in [-0.3, -0.25) is 9.97 Å². The van der Waals surface area contributed by atoms with Gasteiger partial charge in [0.2, 0.25) is 0 Å². The van der Waals surface area contributed by atoms with E-state index in [1.165, 1.54) is 5.56 Å². The van der Waals surface area contributed by atoms with Gasteiger partial charge in [-0.05, 0) is 38.5 Å². The van der Waals surface area contributed by atoms with Gasteiger partial charge in [0.05, 0.1) is 11.0 Å². The monoisotopic (exact) mass is 222 g/mol. The summed E-state index contributed by atoms with van der Waals surface area (Å²) in [6.45, 7) is 6.20. The van der Waals surface area contributed by atoms with Crippen LogP contribution in [0.2, 0.25) is 0 Å². The van der Waals surface area contributed by atoms with E-state index in [0.717, 1.165) is 33.2 Å². The van der Waals surface area contributed by atoms with Crippen LogP contribution < -0.4 is 0 Å². The number of nitrogens with zero attached hydrogens (tertiary/aromatic N) is 2. The van der Waals surface area contributed by atoms with Gasteiger partial charge >= 0.3 is 0 Å². The van der Waals surface area contributed by atoms with Crippen molar-refractivity contribution in [3.63, 3.8) is 0 Å². The van der Waals surface area contributed by atoms with Gasteiger partial charge in [0.15, 0.2) is 0 Å². The van der Waals surface area contributed by atoms with Gasteiger partial charge < -0.3 is 0 Å². The molecular weight excluding hydrogens is 208 g/mol. The maximum Gasteiger partial charge on any atom is 0.0817 e. The summed E-state index contributed by atoms with van der Waals surface area (Å²) in [5.41, 5.74) is 5.45. The van der Waals surface area contributed by atoms with Gasteiger partial charge in [-0.2, -0.15) is 0 Å². The lowest BCUT2D eigenvalue weighted by molar-refractivity contribution is 1.18. The number of aryl methyl sites for hydroxylation is 3. The molecule has 1 aromatic carbocycles. The molecule has 0 fully saturated rings. The van der Waals surface area contributed by atoms with Crippen molar-refractivity contribution in [1.29, 1.82) is 0 Å². The molecule has 2 aromatic heterocycles. The molecule has 2 nitrogen and oxygen atoms in total. The number of fused-ring (bicyclic) bond motifs is 3. The molecule has 0 aliphatic rings. The normalized spacial score (nSPS) is 11.2. The molecule has 0 bridgehead atoms. The van der Waals surface area contributed by atoms with E-state index < -0.39 is 0 Å². The summed E-state index contributed by atoms with van der Waals surface area (Å²) in [6.07, 6.45) is 0. The standard InChI is InChI=1S/C15H14N2/c1-9-8-13-11(3)16-14-7-5-4-6-12(14)15(13)17-10(9)2/h4-8H,1-3H3. The Morgan fingerprint density at radius 2 is 1.59 bits per heavy atom. The van der Waals surface area contributed by atoms with E-state index in [0.29, 0.717) is 0 Å². The fraction of sp³-hybridized carbons (Fsp3) is 0.200. The Bertz CT molecular complexity index is 730. The third-order valence-corrected chi connectivity index (χ3v) is 3.30. The average molecular weight is 222 g/mol. The van der Waals surface area contributed by atoms with Crippen molar-refractivity contribution in [2.24, 2.45) is 0 Å². The number of para-hydroxylation sites is 1. The Hall–Kier alpha value is -1.96. The maximum atomic E-state index is 4.72. The number of hydrogen-bond acceptors (Lipinski definition) is 2. The second-order valence-corrected chi connectivity index (χ2v) is 4.50. The molecule has 0 aliphatic heterocycles. The zero-order chi connectivity index (χ0) is 12.0. The smallest absolute Gasteiger partial charge is 0.0817 e. The van der Waals surface area contributed by atoms with Gasteiger partial charge in [0.25, 0.3) is 0 Å². The molecule has 0 N–H and O–H groups in total. The summed E-state index contributed by atoms with van der Waals surface area (Å²) >= 11 is 0. The topological polar surface area (TPSA) is 25.8 Å². The van der Waals surface area contributed by atoms with Crippen LogP contribution in [0.3, 0.4) is 0 Å². The summed E-state index contributed by atoms with van der Waals surface area (Å²) in [6, 6.07) is 10.4. The first-order valence-electron chi connectivity index (χ1n) is 5.80. The first-order chi connectivity index (χ1) is 8.16. The first-order valence-corrected chi connectivity index (χ1v) is 5.80. The molecule has 0 unspecified atom stereocenters. The highest BCUT2D eigenvalue weighted by molar-refractivity contribution is 6.04. The minimum absolute atomic E-state index is 1.02. The van der Waals surface area contributed by atoms with Crippen LogP contribution in [0.1, 0.15) is 17.0 Å². The van der Waals surface area contributed by atoms with E-state index in [1.54, 1.807) is 0 Å². The highest BCUT2D eigenvalue weighted by Gasteiger charge is 2.07. The molecule has 3 aromatic rings. The van der Waals surface area contributed by atoms with Crippen LogP contribution in [-0.4, -0.2) is 9.97 Å². The minimum atomic E-state index is 1.02. The fourth-order valence-electron chi connectivity index (χ4n) is 2.20. The second kappa shape index (κ2) is 3.52. The molecular formula is C15H14N2. The van der Waals surface area contributed by atoms with Gasteiger partial charge in [0.1, 0.15) is 0 Å². The number of hydrogen-bond donors (Lipinski definition) is 0. The zero-order valence-corrected chi connectivity index (χ0v) is 10.3. The molecule has 0 aliphatic carbocycles. The van der Waals surface area contributed by atoms with E-state index in [-0.39, 0.29) is 0 Å². The molecule has 2 heteroatoms. The quantitative estimate of drug-likeness (QED) is 0.542. The molecule has 0 amide bonds. The Kier molecular flexibility index (Phi) is 2.11. The van der Waals surface area contributed by atoms with Crippen LogP contribution in [0.25, 0.3) is 21.8 Å². The van der Waals surface area contributed by atoms with Crippen LogP contribution in [-0.2, 0) is 0 Å². The van der Waals surface area contributed by atoms with Crippen LogP contribution >= 0.6 is 0 Å². The molecule has 0 atom stereocenters. The number of benzene rings is 1. The van der Waals surface area contributed by atoms with E-state index in [4.69, 9.17) is 4.98 Å². The predicted molar refractivity (Wildman–Crippen MR) is 71.3 cm³/mol. The number of pyridine rings is 2. The molecule has 17 heavy (non-hydrogen) atoms.